The summed E-state index contributed by atoms with van der Waals surface area (Å²) in [5.74, 6) is -1.35. The van der Waals surface area contributed by atoms with E-state index in [1.807, 2.05) is 0 Å². The molecular formula is C17H14BrN3O3. The summed E-state index contributed by atoms with van der Waals surface area (Å²) in [5, 5.41) is 15.7. The molecule has 0 aliphatic carbocycles. The fourth-order valence-electron chi connectivity index (χ4n) is 2.45. The number of amides is 2. The van der Waals surface area contributed by atoms with Gasteiger partial charge in [-0.25, -0.2) is 0 Å². The van der Waals surface area contributed by atoms with E-state index >= 15 is 0 Å². The number of benzene rings is 2. The Labute approximate surface area is 146 Å². The zero-order valence-electron chi connectivity index (χ0n) is 12.7. The number of hydrogen-bond donors (Lipinski definition) is 3. The van der Waals surface area contributed by atoms with Gasteiger partial charge < -0.3 is 15.7 Å². The number of aliphatic hydroxyl groups excluding tert-OH is 1. The first-order valence-corrected chi connectivity index (χ1v) is 7.93. The van der Waals surface area contributed by atoms with Gasteiger partial charge in [0.1, 0.15) is 0 Å². The van der Waals surface area contributed by atoms with Gasteiger partial charge in [0.15, 0.2) is 5.70 Å². The number of hydrogen-bond acceptors (Lipinski definition) is 4. The number of rotatable bonds is 2. The fourth-order valence-corrected chi connectivity index (χ4v) is 2.71. The van der Waals surface area contributed by atoms with Crippen LogP contribution < -0.4 is 15.5 Å². The van der Waals surface area contributed by atoms with Crippen LogP contribution in [0.2, 0.25) is 0 Å². The standard InChI is InChI=1S/C17H14BrN3O3/c1-10(22)21-14-5-3-2-4-13(14)20-17(24)15(21)16(23)19-12-8-6-11(18)7-9-12/h2-9,20,24H,1H3,(H,19,23). The van der Waals surface area contributed by atoms with Crippen LogP contribution in [0, 0.1) is 0 Å². The molecule has 0 aromatic heterocycles. The maximum absolute atomic E-state index is 12.6. The minimum absolute atomic E-state index is 0.149. The maximum Gasteiger partial charge on any atom is 0.278 e. The fraction of sp³-hybridized carbons (Fsp3) is 0.0588. The molecule has 0 saturated heterocycles. The first kappa shape index (κ1) is 16.1. The summed E-state index contributed by atoms with van der Waals surface area (Å²) in [4.78, 5) is 25.9. The van der Waals surface area contributed by atoms with Crippen LogP contribution in [0.3, 0.4) is 0 Å². The number of nitrogens with zero attached hydrogens (tertiary/aromatic N) is 1. The summed E-state index contributed by atoms with van der Waals surface area (Å²) in [6.07, 6.45) is 0. The van der Waals surface area contributed by atoms with Gasteiger partial charge in [0, 0.05) is 17.1 Å². The topological polar surface area (TPSA) is 81.7 Å². The van der Waals surface area contributed by atoms with Gasteiger partial charge >= 0.3 is 0 Å². The van der Waals surface area contributed by atoms with E-state index in [1.54, 1.807) is 48.5 Å². The molecule has 7 heteroatoms. The molecule has 24 heavy (non-hydrogen) atoms. The average Bonchev–Trinajstić information content (AvgIpc) is 2.55. The van der Waals surface area contributed by atoms with Crippen LogP contribution in [-0.4, -0.2) is 16.9 Å². The second-order valence-corrected chi connectivity index (χ2v) is 6.07. The molecule has 0 fully saturated rings. The third kappa shape index (κ3) is 2.98. The number of carbonyl (C=O) groups is 2. The van der Waals surface area contributed by atoms with Crippen molar-refractivity contribution in [2.24, 2.45) is 0 Å². The molecule has 0 saturated carbocycles. The number of para-hydroxylation sites is 2. The van der Waals surface area contributed by atoms with E-state index in [0.29, 0.717) is 17.1 Å². The summed E-state index contributed by atoms with van der Waals surface area (Å²) >= 11 is 3.32. The summed E-state index contributed by atoms with van der Waals surface area (Å²) in [6, 6.07) is 13.9. The molecule has 0 spiro atoms. The monoisotopic (exact) mass is 387 g/mol. The molecular weight excluding hydrogens is 374 g/mol. The lowest BCUT2D eigenvalue weighted by molar-refractivity contribution is -0.118. The number of aliphatic hydroxyl groups is 1. The highest BCUT2D eigenvalue weighted by Crippen LogP contribution is 2.35. The minimum atomic E-state index is -0.591. The zero-order valence-corrected chi connectivity index (χ0v) is 14.3. The largest absolute Gasteiger partial charge is 0.493 e. The molecule has 1 aliphatic rings. The first-order chi connectivity index (χ1) is 11.5. The Balaban J connectivity index is 1.97. The summed E-state index contributed by atoms with van der Waals surface area (Å²) in [7, 11) is 0. The van der Waals surface area contributed by atoms with Gasteiger partial charge in [-0.05, 0) is 36.4 Å². The van der Waals surface area contributed by atoms with Gasteiger partial charge in [-0.2, -0.15) is 0 Å². The number of nitrogens with one attached hydrogen (secondary N) is 2. The predicted molar refractivity (Wildman–Crippen MR) is 95.7 cm³/mol. The van der Waals surface area contributed by atoms with E-state index in [1.165, 1.54) is 11.8 Å². The summed E-state index contributed by atoms with van der Waals surface area (Å²) in [6.45, 7) is 1.34. The molecule has 0 bridgehead atoms. The molecule has 0 unspecified atom stereocenters. The van der Waals surface area contributed by atoms with Crippen molar-refractivity contribution in [2.45, 2.75) is 6.92 Å². The lowest BCUT2D eigenvalue weighted by Gasteiger charge is -2.30. The quantitative estimate of drug-likeness (QED) is 0.735. The van der Waals surface area contributed by atoms with Crippen LogP contribution in [0.4, 0.5) is 17.1 Å². The molecule has 0 atom stereocenters. The molecule has 3 rings (SSSR count). The Morgan fingerprint density at radius 2 is 1.79 bits per heavy atom. The van der Waals surface area contributed by atoms with Crippen molar-refractivity contribution in [2.75, 3.05) is 15.5 Å². The molecule has 2 aromatic carbocycles. The van der Waals surface area contributed by atoms with Gasteiger partial charge in [0.2, 0.25) is 11.8 Å². The molecule has 2 amide bonds. The van der Waals surface area contributed by atoms with Crippen LogP contribution in [0.5, 0.6) is 0 Å². The first-order valence-electron chi connectivity index (χ1n) is 7.14. The van der Waals surface area contributed by atoms with E-state index < -0.39 is 5.91 Å². The third-order valence-corrected chi connectivity index (χ3v) is 4.01. The Morgan fingerprint density at radius 1 is 1.12 bits per heavy atom. The molecule has 0 radical (unpaired) electrons. The van der Waals surface area contributed by atoms with E-state index in [2.05, 4.69) is 26.6 Å². The Kier molecular flexibility index (Phi) is 4.26. The van der Waals surface area contributed by atoms with E-state index in [-0.39, 0.29) is 17.5 Å². The predicted octanol–water partition coefficient (Wildman–Crippen LogP) is 3.59. The van der Waals surface area contributed by atoms with Crippen molar-refractivity contribution < 1.29 is 14.7 Å². The summed E-state index contributed by atoms with van der Waals surface area (Å²) in [5.41, 5.74) is 1.45. The van der Waals surface area contributed by atoms with E-state index in [9.17, 15) is 14.7 Å². The lowest BCUT2D eigenvalue weighted by Crippen LogP contribution is -2.39. The number of halogens is 1. The number of anilines is 3. The van der Waals surface area contributed by atoms with Crippen molar-refractivity contribution >= 4 is 44.8 Å². The normalized spacial score (nSPS) is 13.2. The Hall–Kier alpha value is -2.80. The number of fused-ring (bicyclic) bond motifs is 1. The molecule has 2 aromatic rings. The van der Waals surface area contributed by atoms with Gasteiger partial charge in [-0.3, -0.25) is 14.5 Å². The van der Waals surface area contributed by atoms with Gasteiger partial charge in [0.25, 0.3) is 5.91 Å². The lowest BCUT2D eigenvalue weighted by atomic mass is 10.1. The SMILES string of the molecule is CC(=O)N1C(C(=O)Nc2ccc(Br)cc2)=C(O)Nc2ccccc21. The second kappa shape index (κ2) is 6.37. The second-order valence-electron chi connectivity index (χ2n) is 5.15. The minimum Gasteiger partial charge on any atom is -0.493 e. The van der Waals surface area contributed by atoms with E-state index in [4.69, 9.17) is 0 Å². The van der Waals surface area contributed by atoms with Crippen molar-refractivity contribution in [1.82, 2.24) is 0 Å². The van der Waals surface area contributed by atoms with Crippen LogP contribution in [0.15, 0.2) is 64.6 Å². The van der Waals surface area contributed by atoms with Gasteiger partial charge in [-0.1, -0.05) is 28.1 Å². The molecule has 6 nitrogen and oxygen atoms in total. The molecule has 1 aliphatic heterocycles. The highest BCUT2D eigenvalue weighted by Gasteiger charge is 2.32. The van der Waals surface area contributed by atoms with Crippen LogP contribution >= 0.6 is 15.9 Å². The van der Waals surface area contributed by atoms with Crippen LogP contribution in [0.25, 0.3) is 0 Å². The number of carbonyl (C=O) groups excluding carboxylic acids is 2. The zero-order chi connectivity index (χ0) is 17.3. The van der Waals surface area contributed by atoms with Crippen LogP contribution in [0.1, 0.15) is 6.92 Å². The Bertz CT molecular complexity index is 846. The maximum atomic E-state index is 12.6. The van der Waals surface area contributed by atoms with Crippen LogP contribution in [-0.2, 0) is 9.59 Å². The van der Waals surface area contributed by atoms with Crippen molar-refractivity contribution in [3.8, 4) is 0 Å². The van der Waals surface area contributed by atoms with E-state index in [0.717, 1.165) is 4.47 Å². The highest BCUT2D eigenvalue weighted by atomic mass is 79.9. The average molecular weight is 388 g/mol. The molecule has 1 heterocycles. The third-order valence-electron chi connectivity index (χ3n) is 3.48. The van der Waals surface area contributed by atoms with Crippen molar-refractivity contribution in [3.63, 3.8) is 0 Å². The van der Waals surface area contributed by atoms with Gasteiger partial charge in [-0.15, -0.1) is 0 Å². The highest BCUT2D eigenvalue weighted by molar-refractivity contribution is 9.10. The van der Waals surface area contributed by atoms with Gasteiger partial charge in [0.05, 0.1) is 11.4 Å². The van der Waals surface area contributed by atoms with Crippen molar-refractivity contribution in [1.29, 1.82) is 0 Å². The Morgan fingerprint density at radius 3 is 2.46 bits per heavy atom. The summed E-state index contributed by atoms with van der Waals surface area (Å²) < 4.78 is 0.876. The molecule has 3 N–H and O–H groups in total. The molecule has 122 valence electrons. The smallest absolute Gasteiger partial charge is 0.278 e. The van der Waals surface area contributed by atoms with Crippen molar-refractivity contribution in [3.05, 3.63) is 64.6 Å².